The van der Waals surface area contributed by atoms with Crippen LogP contribution in [0, 0.1) is 5.92 Å². The van der Waals surface area contributed by atoms with E-state index in [2.05, 4.69) is 16.0 Å². The number of rotatable bonds is 15. The van der Waals surface area contributed by atoms with Gasteiger partial charge >= 0.3 is 0 Å². The van der Waals surface area contributed by atoms with Gasteiger partial charge in [-0.3, -0.25) is 28.8 Å². The molecule has 0 radical (unpaired) electrons. The Balaban J connectivity index is 4.08. The predicted octanol–water partition coefficient (Wildman–Crippen LogP) is -1.04. The molecule has 4 amide bonds. The number of Topliss-reactive ketones (excluding diaryl/α,β-unsaturated/α-hetero) is 2. The number of hydrogen-bond acceptors (Lipinski definition) is 6. The summed E-state index contributed by atoms with van der Waals surface area (Å²) in [4.78, 5) is 68.0. The zero-order valence-electron chi connectivity index (χ0n) is 16.5. The summed E-state index contributed by atoms with van der Waals surface area (Å²) in [7, 11) is 0. The van der Waals surface area contributed by atoms with Crippen LogP contribution in [0.25, 0.3) is 0 Å². The second-order valence-corrected chi connectivity index (χ2v) is 6.55. The van der Waals surface area contributed by atoms with Crippen molar-refractivity contribution in [2.24, 2.45) is 11.7 Å². The van der Waals surface area contributed by atoms with Gasteiger partial charge in [-0.05, 0) is 12.8 Å². The lowest BCUT2D eigenvalue weighted by Crippen LogP contribution is -2.33. The van der Waals surface area contributed by atoms with Crippen molar-refractivity contribution in [2.45, 2.75) is 52.4 Å². The Kier molecular flexibility index (Phi) is 12.9. The first kappa shape index (κ1) is 25.2. The smallest absolute Gasteiger partial charge is 0.220 e. The third-order valence-corrected chi connectivity index (χ3v) is 3.88. The average Bonchev–Trinajstić information content (AvgIpc) is 2.61. The first-order valence-electron chi connectivity index (χ1n) is 9.20. The van der Waals surface area contributed by atoms with Crippen LogP contribution in [0.1, 0.15) is 52.4 Å². The third-order valence-electron chi connectivity index (χ3n) is 3.88. The molecule has 5 N–H and O–H groups in total. The molecule has 0 aromatic rings. The normalized spacial score (nSPS) is 11.2. The summed E-state index contributed by atoms with van der Waals surface area (Å²) >= 11 is 0. The van der Waals surface area contributed by atoms with E-state index in [9.17, 15) is 28.8 Å². The maximum Gasteiger partial charge on any atom is 0.220 e. The minimum absolute atomic E-state index is 0.0431. The van der Waals surface area contributed by atoms with Crippen molar-refractivity contribution in [1.29, 1.82) is 0 Å². The summed E-state index contributed by atoms with van der Waals surface area (Å²) in [6.07, 6.45) is 1.51. The molecular weight excluding hydrogens is 368 g/mol. The van der Waals surface area contributed by atoms with Gasteiger partial charge in [0.1, 0.15) is 0 Å². The molecule has 0 saturated carbocycles. The highest BCUT2D eigenvalue weighted by Crippen LogP contribution is 2.12. The molecule has 1 unspecified atom stereocenters. The highest BCUT2D eigenvalue weighted by Gasteiger charge is 2.19. The molecule has 0 aromatic carbocycles. The van der Waals surface area contributed by atoms with Crippen molar-refractivity contribution in [3.8, 4) is 0 Å². The van der Waals surface area contributed by atoms with Crippen molar-refractivity contribution in [2.75, 3.05) is 19.6 Å². The summed E-state index contributed by atoms with van der Waals surface area (Å²) < 4.78 is 0. The number of hydrogen-bond donors (Lipinski definition) is 4. The molecule has 10 heteroatoms. The van der Waals surface area contributed by atoms with Crippen LogP contribution < -0.4 is 21.7 Å². The van der Waals surface area contributed by atoms with Crippen molar-refractivity contribution in [3.63, 3.8) is 0 Å². The van der Waals surface area contributed by atoms with E-state index < -0.39 is 17.7 Å². The molecule has 158 valence electrons. The quantitative estimate of drug-likeness (QED) is 0.257. The minimum Gasteiger partial charge on any atom is -0.369 e. The number of carbonyl (C=O) groups excluding carboxylic acids is 6. The van der Waals surface area contributed by atoms with Gasteiger partial charge in [0.2, 0.25) is 23.6 Å². The Morgan fingerprint density at radius 3 is 1.96 bits per heavy atom. The number of carbonyl (C=O) groups is 6. The van der Waals surface area contributed by atoms with Crippen LogP contribution >= 0.6 is 0 Å². The summed E-state index contributed by atoms with van der Waals surface area (Å²) in [6.45, 7) is 2.82. The standard InChI is InChI=1S/C18H30N4O6/c1-12(23)20-8-4-3-5-14(18(19)28)9-16(26)11-22-17(27)7-6-15(25)10-21-13(2)24/h14H,3-11H2,1-2H3,(H2,19,28)(H,20,23)(H,21,24)(H,22,27). The maximum atomic E-state index is 12.0. The lowest BCUT2D eigenvalue weighted by Gasteiger charge is -2.13. The van der Waals surface area contributed by atoms with Gasteiger partial charge in [-0.15, -0.1) is 0 Å². The van der Waals surface area contributed by atoms with Crippen LogP contribution in [0.4, 0.5) is 0 Å². The van der Waals surface area contributed by atoms with Gasteiger partial charge in [0, 0.05) is 45.6 Å². The molecule has 0 heterocycles. The Labute approximate surface area is 164 Å². The van der Waals surface area contributed by atoms with E-state index in [1.807, 2.05) is 0 Å². The number of nitrogens with one attached hydrogen (secondary N) is 3. The maximum absolute atomic E-state index is 12.0. The van der Waals surface area contributed by atoms with Gasteiger partial charge in [-0.2, -0.15) is 0 Å². The van der Waals surface area contributed by atoms with Gasteiger partial charge in [-0.1, -0.05) is 6.42 Å². The highest BCUT2D eigenvalue weighted by atomic mass is 16.2. The van der Waals surface area contributed by atoms with Crippen LogP contribution in [0.5, 0.6) is 0 Å². The van der Waals surface area contributed by atoms with Crippen LogP contribution in [0.15, 0.2) is 0 Å². The largest absolute Gasteiger partial charge is 0.369 e. The molecule has 0 aliphatic rings. The average molecular weight is 398 g/mol. The van der Waals surface area contributed by atoms with Crippen LogP contribution in [-0.4, -0.2) is 54.8 Å². The van der Waals surface area contributed by atoms with E-state index in [-0.39, 0.29) is 55.7 Å². The minimum atomic E-state index is -0.624. The topological polar surface area (TPSA) is 165 Å². The van der Waals surface area contributed by atoms with Crippen LogP contribution in [-0.2, 0) is 28.8 Å². The van der Waals surface area contributed by atoms with Gasteiger partial charge < -0.3 is 21.7 Å². The Bertz CT molecular complexity index is 591. The van der Waals surface area contributed by atoms with Gasteiger partial charge in [0.05, 0.1) is 13.1 Å². The molecule has 28 heavy (non-hydrogen) atoms. The van der Waals surface area contributed by atoms with Gasteiger partial charge in [0.25, 0.3) is 0 Å². The molecule has 0 rings (SSSR count). The first-order valence-corrected chi connectivity index (χ1v) is 9.20. The van der Waals surface area contributed by atoms with E-state index in [4.69, 9.17) is 5.73 Å². The van der Waals surface area contributed by atoms with Crippen molar-refractivity contribution in [3.05, 3.63) is 0 Å². The van der Waals surface area contributed by atoms with E-state index >= 15 is 0 Å². The highest BCUT2D eigenvalue weighted by molar-refractivity contribution is 5.91. The first-order chi connectivity index (χ1) is 13.1. The molecule has 0 aliphatic carbocycles. The lowest BCUT2D eigenvalue weighted by atomic mass is 9.95. The fourth-order valence-electron chi connectivity index (χ4n) is 2.32. The van der Waals surface area contributed by atoms with Crippen LogP contribution in [0.2, 0.25) is 0 Å². The monoisotopic (exact) mass is 398 g/mol. The predicted molar refractivity (Wildman–Crippen MR) is 101 cm³/mol. The number of unbranched alkanes of at least 4 members (excludes halogenated alkanes) is 1. The van der Waals surface area contributed by atoms with Crippen molar-refractivity contribution in [1.82, 2.24) is 16.0 Å². The molecule has 0 aliphatic heterocycles. The summed E-state index contributed by atoms with van der Waals surface area (Å²) in [5, 5.41) is 7.39. The molecule has 0 spiro atoms. The fraction of sp³-hybridized carbons (Fsp3) is 0.667. The Morgan fingerprint density at radius 1 is 0.786 bits per heavy atom. The van der Waals surface area contributed by atoms with Crippen molar-refractivity contribution < 1.29 is 28.8 Å². The van der Waals surface area contributed by atoms with Gasteiger partial charge in [0.15, 0.2) is 11.6 Å². The molecular formula is C18H30N4O6. The Hall–Kier alpha value is -2.78. The number of nitrogens with two attached hydrogens (primary N) is 1. The zero-order chi connectivity index (χ0) is 21.5. The molecule has 0 bridgehead atoms. The van der Waals surface area contributed by atoms with Gasteiger partial charge in [-0.25, -0.2) is 0 Å². The van der Waals surface area contributed by atoms with Crippen LogP contribution in [0.3, 0.4) is 0 Å². The van der Waals surface area contributed by atoms with E-state index in [1.54, 1.807) is 0 Å². The molecule has 0 saturated heterocycles. The van der Waals surface area contributed by atoms with Crippen molar-refractivity contribution >= 4 is 35.2 Å². The Morgan fingerprint density at radius 2 is 1.39 bits per heavy atom. The van der Waals surface area contributed by atoms with E-state index in [0.29, 0.717) is 25.8 Å². The molecule has 0 fully saturated rings. The molecule has 10 nitrogen and oxygen atoms in total. The lowest BCUT2D eigenvalue weighted by molar-refractivity contribution is -0.129. The second kappa shape index (κ2) is 14.3. The SMILES string of the molecule is CC(=O)NCCCCC(CC(=O)CNC(=O)CCC(=O)CNC(C)=O)C(N)=O. The summed E-state index contributed by atoms with van der Waals surface area (Å²) in [5.74, 6) is -2.75. The number of ketones is 2. The molecule has 1 atom stereocenters. The zero-order valence-corrected chi connectivity index (χ0v) is 16.5. The fourth-order valence-corrected chi connectivity index (χ4v) is 2.32. The van der Waals surface area contributed by atoms with E-state index in [1.165, 1.54) is 13.8 Å². The summed E-state index contributed by atoms with van der Waals surface area (Å²) in [6, 6.07) is 0. The second-order valence-electron chi connectivity index (χ2n) is 6.55. The molecule has 0 aromatic heterocycles. The summed E-state index contributed by atoms with van der Waals surface area (Å²) in [5.41, 5.74) is 5.32. The van der Waals surface area contributed by atoms with E-state index in [0.717, 1.165) is 0 Å². The third kappa shape index (κ3) is 14.4. The number of amides is 4. The number of primary amides is 1.